The highest BCUT2D eigenvalue weighted by atomic mass is 127. The molecule has 0 bridgehead atoms. The van der Waals surface area contributed by atoms with Crippen LogP contribution in [0.2, 0.25) is 5.02 Å². The quantitative estimate of drug-likeness (QED) is 0.798. The highest BCUT2D eigenvalue weighted by molar-refractivity contribution is 14.1. The molecular formula is C11H13ClINS. The minimum absolute atomic E-state index is 0.624. The van der Waals surface area contributed by atoms with Crippen LogP contribution < -0.4 is 5.32 Å². The van der Waals surface area contributed by atoms with Gasteiger partial charge in [0.2, 0.25) is 0 Å². The molecule has 1 unspecified atom stereocenters. The van der Waals surface area contributed by atoms with E-state index in [4.69, 9.17) is 11.6 Å². The molecule has 1 aliphatic rings. The van der Waals surface area contributed by atoms with Crippen molar-refractivity contribution in [2.75, 3.05) is 16.8 Å². The van der Waals surface area contributed by atoms with Gasteiger partial charge in [-0.2, -0.15) is 11.8 Å². The topological polar surface area (TPSA) is 12.0 Å². The zero-order valence-corrected chi connectivity index (χ0v) is 12.0. The Morgan fingerprint density at radius 1 is 1.47 bits per heavy atom. The van der Waals surface area contributed by atoms with Crippen molar-refractivity contribution < 1.29 is 0 Å². The van der Waals surface area contributed by atoms with Gasteiger partial charge in [0.15, 0.2) is 0 Å². The first kappa shape index (κ1) is 11.9. The maximum atomic E-state index is 5.92. The zero-order chi connectivity index (χ0) is 10.7. The lowest BCUT2D eigenvalue weighted by Gasteiger charge is -2.24. The maximum absolute atomic E-state index is 5.92. The molecule has 0 radical (unpaired) electrons. The van der Waals surface area contributed by atoms with Crippen molar-refractivity contribution in [2.24, 2.45) is 0 Å². The Hall–Kier alpha value is 0.390. The monoisotopic (exact) mass is 353 g/mol. The Labute approximate surface area is 113 Å². The summed E-state index contributed by atoms with van der Waals surface area (Å²) in [6, 6.07) is 6.64. The van der Waals surface area contributed by atoms with Gasteiger partial charge >= 0.3 is 0 Å². The van der Waals surface area contributed by atoms with Crippen LogP contribution in [0.1, 0.15) is 12.8 Å². The summed E-state index contributed by atoms with van der Waals surface area (Å²) >= 11 is 10.3. The van der Waals surface area contributed by atoms with Gasteiger partial charge in [0.05, 0.1) is 0 Å². The Morgan fingerprint density at radius 2 is 2.33 bits per heavy atom. The lowest BCUT2D eigenvalue weighted by Crippen LogP contribution is -2.26. The third kappa shape index (κ3) is 3.43. The van der Waals surface area contributed by atoms with E-state index < -0.39 is 0 Å². The minimum atomic E-state index is 0.624. The van der Waals surface area contributed by atoms with Crippen LogP contribution in [0.25, 0.3) is 0 Å². The fourth-order valence-electron chi connectivity index (χ4n) is 1.68. The van der Waals surface area contributed by atoms with Gasteiger partial charge in [-0.25, -0.2) is 0 Å². The van der Waals surface area contributed by atoms with Crippen molar-refractivity contribution in [3.05, 3.63) is 26.8 Å². The van der Waals surface area contributed by atoms with E-state index in [-0.39, 0.29) is 0 Å². The van der Waals surface area contributed by atoms with Gasteiger partial charge in [-0.1, -0.05) is 11.6 Å². The molecule has 1 nitrogen and oxygen atoms in total. The molecule has 1 aromatic rings. The molecule has 1 N–H and O–H groups in total. The molecule has 0 aliphatic carbocycles. The van der Waals surface area contributed by atoms with Gasteiger partial charge in [-0.3, -0.25) is 0 Å². The van der Waals surface area contributed by atoms with Gasteiger partial charge in [-0.15, -0.1) is 0 Å². The first-order valence-corrected chi connectivity index (χ1v) is 7.66. The molecule has 0 spiro atoms. The Balaban J connectivity index is 2.03. The number of hydrogen-bond donors (Lipinski definition) is 1. The van der Waals surface area contributed by atoms with E-state index in [1.54, 1.807) is 0 Å². The highest BCUT2D eigenvalue weighted by Gasteiger charge is 2.14. The van der Waals surface area contributed by atoms with Gasteiger partial charge in [0.25, 0.3) is 0 Å². The number of rotatable bonds is 2. The number of nitrogens with one attached hydrogen (secondary N) is 1. The molecule has 82 valence electrons. The van der Waals surface area contributed by atoms with E-state index >= 15 is 0 Å². The molecule has 15 heavy (non-hydrogen) atoms. The summed E-state index contributed by atoms with van der Waals surface area (Å²) in [5, 5.41) is 4.40. The van der Waals surface area contributed by atoms with E-state index in [0.29, 0.717) is 6.04 Å². The van der Waals surface area contributed by atoms with Crippen LogP contribution in [0.4, 0.5) is 5.69 Å². The van der Waals surface area contributed by atoms with Crippen molar-refractivity contribution >= 4 is 51.6 Å². The Kier molecular flexibility index (Phi) is 4.46. The summed E-state index contributed by atoms with van der Waals surface area (Å²) in [7, 11) is 0. The van der Waals surface area contributed by atoms with Crippen molar-refractivity contribution in [3.8, 4) is 0 Å². The maximum Gasteiger partial charge on any atom is 0.0479 e. The number of thioether (sulfide) groups is 1. The second kappa shape index (κ2) is 5.64. The summed E-state index contributed by atoms with van der Waals surface area (Å²) in [6.45, 7) is 0. The summed E-state index contributed by atoms with van der Waals surface area (Å²) < 4.78 is 1.20. The summed E-state index contributed by atoms with van der Waals surface area (Å²) in [5.74, 6) is 2.54. The van der Waals surface area contributed by atoms with Crippen LogP contribution in [0, 0.1) is 3.57 Å². The SMILES string of the molecule is Clc1ccc(NC2CCCSC2)c(I)c1. The second-order valence-corrected chi connectivity index (χ2v) is 6.43. The smallest absolute Gasteiger partial charge is 0.0479 e. The first-order chi connectivity index (χ1) is 7.25. The fraction of sp³-hybridized carbons (Fsp3) is 0.455. The third-order valence-electron chi connectivity index (χ3n) is 2.45. The predicted molar refractivity (Wildman–Crippen MR) is 78.1 cm³/mol. The lowest BCUT2D eigenvalue weighted by atomic mass is 10.2. The van der Waals surface area contributed by atoms with Crippen LogP contribution in [-0.2, 0) is 0 Å². The summed E-state index contributed by atoms with van der Waals surface area (Å²) in [4.78, 5) is 0. The van der Waals surface area contributed by atoms with E-state index in [0.717, 1.165) is 5.02 Å². The lowest BCUT2D eigenvalue weighted by molar-refractivity contribution is 0.685. The molecule has 1 fully saturated rings. The normalized spacial score (nSPS) is 21.3. The van der Waals surface area contributed by atoms with Crippen molar-refractivity contribution in [2.45, 2.75) is 18.9 Å². The van der Waals surface area contributed by atoms with E-state index in [2.05, 4.69) is 34.0 Å². The highest BCUT2D eigenvalue weighted by Crippen LogP contribution is 2.26. The largest absolute Gasteiger partial charge is 0.381 e. The summed E-state index contributed by atoms with van der Waals surface area (Å²) in [5.41, 5.74) is 1.22. The van der Waals surface area contributed by atoms with Gasteiger partial charge in [0, 0.05) is 26.1 Å². The van der Waals surface area contributed by atoms with Crippen LogP contribution in [0.5, 0.6) is 0 Å². The molecule has 0 amide bonds. The molecule has 1 saturated heterocycles. The molecular weight excluding hydrogens is 341 g/mol. The number of halogens is 2. The molecule has 2 rings (SSSR count). The van der Waals surface area contributed by atoms with Gasteiger partial charge in [-0.05, 0) is 59.4 Å². The van der Waals surface area contributed by atoms with Crippen LogP contribution in [0.15, 0.2) is 18.2 Å². The molecule has 0 aromatic heterocycles. The number of hydrogen-bond acceptors (Lipinski definition) is 2. The zero-order valence-electron chi connectivity index (χ0n) is 8.30. The number of benzene rings is 1. The Morgan fingerprint density at radius 3 is 3.00 bits per heavy atom. The average molecular weight is 354 g/mol. The standard InChI is InChI=1S/C11H13ClINS/c12-8-3-4-11(10(13)6-8)14-9-2-1-5-15-7-9/h3-4,6,9,14H,1-2,5,7H2. The fourth-order valence-corrected chi connectivity index (χ4v) is 3.78. The van der Waals surface area contributed by atoms with Gasteiger partial charge in [0.1, 0.15) is 0 Å². The first-order valence-electron chi connectivity index (χ1n) is 5.05. The average Bonchev–Trinajstić information content (AvgIpc) is 2.24. The third-order valence-corrected chi connectivity index (χ3v) is 4.79. The molecule has 1 heterocycles. The van der Waals surface area contributed by atoms with Crippen molar-refractivity contribution in [1.82, 2.24) is 0 Å². The summed E-state index contributed by atoms with van der Waals surface area (Å²) in [6.07, 6.45) is 2.61. The molecule has 1 aromatic carbocycles. The molecule has 1 aliphatic heterocycles. The van der Waals surface area contributed by atoms with Crippen LogP contribution in [-0.4, -0.2) is 17.5 Å². The van der Waals surface area contributed by atoms with Gasteiger partial charge < -0.3 is 5.32 Å². The van der Waals surface area contributed by atoms with Crippen LogP contribution in [0.3, 0.4) is 0 Å². The minimum Gasteiger partial charge on any atom is -0.381 e. The number of anilines is 1. The molecule has 4 heteroatoms. The second-order valence-electron chi connectivity index (χ2n) is 3.68. The van der Waals surface area contributed by atoms with Crippen molar-refractivity contribution in [3.63, 3.8) is 0 Å². The Bertz CT molecular complexity index is 339. The van der Waals surface area contributed by atoms with Crippen LogP contribution >= 0.6 is 46.0 Å². The molecule has 0 saturated carbocycles. The van der Waals surface area contributed by atoms with E-state index in [9.17, 15) is 0 Å². The molecule has 1 atom stereocenters. The predicted octanol–water partition coefficient (Wildman–Crippen LogP) is 4.25. The van der Waals surface area contributed by atoms with E-state index in [1.807, 2.05) is 23.9 Å². The van der Waals surface area contributed by atoms with Crippen molar-refractivity contribution in [1.29, 1.82) is 0 Å². The van der Waals surface area contributed by atoms with E-state index in [1.165, 1.54) is 33.6 Å².